The molecule has 1 saturated heterocycles. The van der Waals surface area contributed by atoms with Gasteiger partial charge in [-0.25, -0.2) is 0 Å². The molecule has 0 bridgehead atoms. The lowest BCUT2D eigenvalue weighted by atomic mass is 10.2. The minimum Gasteiger partial charge on any atom is -0.347 e. The van der Waals surface area contributed by atoms with Crippen molar-refractivity contribution in [1.29, 1.82) is 0 Å². The first-order chi connectivity index (χ1) is 5.55. The van der Waals surface area contributed by atoms with Crippen molar-refractivity contribution >= 4 is 5.78 Å². The van der Waals surface area contributed by atoms with Crippen molar-refractivity contribution in [1.82, 2.24) is 0 Å². The number of hydrogen-bond acceptors (Lipinski definition) is 3. The smallest absolute Gasteiger partial charge is 0.167 e. The van der Waals surface area contributed by atoms with Gasteiger partial charge in [0.1, 0.15) is 6.10 Å². The van der Waals surface area contributed by atoms with Crippen LogP contribution in [0, 0.1) is 0 Å². The van der Waals surface area contributed by atoms with Crippen LogP contribution in [-0.2, 0) is 14.3 Å². The third-order valence-corrected chi connectivity index (χ3v) is 1.71. The topological polar surface area (TPSA) is 35.5 Å². The molecule has 0 saturated carbocycles. The summed E-state index contributed by atoms with van der Waals surface area (Å²) in [4.78, 5) is 11.3. The fraction of sp³-hybridized carbons (Fsp3) is 0.667. The highest BCUT2D eigenvalue weighted by Gasteiger charge is 2.35. The summed E-state index contributed by atoms with van der Waals surface area (Å²) < 4.78 is 10.6. The Morgan fingerprint density at radius 1 is 1.75 bits per heavy atom. The molecular weight excluding hydrogens is 156 g/mol. The molecule has 68 valence electrons. The molecule has 0 N–H and O–H groups in total. The van der Waals surface area contributed by atoms with Gasteiger partial charge in [0.2, 0.25) is 0 Å². The molecular formula is C9H14O3. The Balaban J connectivity index is 2.46. The molecule has 1 aliphatic rings. The van der Waals surface area contributed by atoms with Gasteiger partial charge in [0.15, 0.2) is 11.6 Å². The lowest BCUT2D eigenvalue weighted by Gasteiger charge is -2.16. The second-order valence-electron chi connectivity index (χ2n) is 3.28. The van der Waals surface area contributed by atoms with Gasteiger partial charge < -0.3 is 9.47 Å². The van der Waals surface area contributed by atoms with Gasteiger partial charge in [-0.3, -0.25) is 4.79 Å². The zero-order chi connectivity index (χ0) is 9.19. The molecule has 0 spiro atoms. The van der Waals surface area contributed by atoms with Crippen molar-refractivity contribution in [2.75, 3.05) is 6.61 Å². The molecule has 0 aliphatic carbocycles. The van der Waals surface area contributed by atoms with E-state index in [0.717, 1.165) is 0 Å². The van der Waals surface area contributed by atoms with Crippen molar-refractivity contribution in [3.63, 3.8) is 0 Å². The number of ketones is 1. The minimum absolute atomic E-state index is 0.0376. The van der Waals surface area contributed by atoms with Crippen LogP contribution in [0.2, 0.25) is 0 Å². The van der Waals surface area contributed by atoms with Crippen LogP contribution >= 0.6 is 0 Å². The molecule has 0 unspecified atom stereocenters. The maximum absolute atomic E-state index is 11.3. The fourth-order valence-corrected chi connectivity index (χ4v) is 1.12. The Bertz CT molecular complexity index is 196. The van der Waals surface area contributed by atoms with Crippen LogP contribution in [0.25, 0.3) is 0 Å². The maximum Gasteiger partial charge on any atom is 0.167 e. The Kier molecular flexibility index (Phi) is 2.65. The van der Waals surface area contributed by atoms with E-state index in [1.165, 1.54) is 0 Å². The molecule has 1 fully saturated rings. The van der Waals surface area contributed by atoms with E-state index in [1.807, 2.05) is 0 Å². The molecule has 0 aromatic heterocycles. The summed E-state index contributed by atoms with van der Waals surface area (Å²) in [6.07, 6.45) is 1.53. The quantitative estimate of drug-likeness (QED) is 0.598. The second kappa shape index (κ2) is 3.37. The van der Waals surface area contributed by atoms with E-state index < -0.39 is 11.9 Å². The zero-order valence-electron chi connectivity index (χ0n) is 7.50. The summed E-state index contributed by atoms with van der Waals surface area (Å²) in [5.74, 6) is -0.572. The zero-order valence-corrected chi connectivity index (χ0v) is 7.50. The summed E-state index contributed by atoms with van der Waals surface area (Å²) in [7, 11) is 0. The average molecular weight is 170 g/mol. The predicted octanol–water partition coefficient (Wildman–Crippen LogP) is 1.28. The first-order valence-corrected chi connectivity index (χ1v) is 4.00. The van der Waals surface area contributed by atoms with Gasteiger partial charge in [-0.05, 0) is 13.8 Å². The van der Waals surface area contributed by atoms with E-state index in [2.05, 4.69) is 6.58 Å². The maximum atomic E-state index is 11.3. The third-order valence-electron chi connectivity index (χ3n) is 1.71. The van der Waals surface area contributed by atoms with Crippen molar-refractivity contribution in [2.45, 2.75) is 32.2 Å². The normalized spacial score (nSPS) is 27.0. The van der Waals surface area contributed by atoms with Gasteiger partial charge in [-0.1, -0.05) is 6.08 Å². The number of rotatable bonds is 3. The Hall–Kier alpha value is -0.670. The number of Topliss-reactive ketones (excluding diaryl/α,β-unsaturated/α-hetero) is 1. The number of ether oxygens (including phenoxy) is 2. The lowest BCUT2D eigenvalue weighted by Crippen LogP contribution is -2.26. The molecule has 12 heavy (non-hydrogen) atoms. The minimum atomic E-state index is -0.610. The number of carbonyl (C=O) groups excluding carboxylic acids is 1. The fourth-order valence-electron chi connectivity index (χ4n) is 1.12. The molecule has 1 atom stereocenters. The molecule has 1 rings (SSSR count). The van der Waals surface area contributed by atoms with Gasteiger partial charge in [0.05, 0.1) is 6.61 Å². The Morgan fingerprint density at radius 2 is 2.42 bits per heavy atom. The van der Waals surface area contributed by atoms with Crippen LogP contribution in [0.1, 0.15) is 20.3 Å². The van der Waals surface area contributed by atoms with Gasteiger partial charge in [-0.15, -0.1) is 6.58 Å². The van der Waals surface area contributed by atoms with Crippen molar-refractivity contribution in [3.8, 4) is 0 Å². The van der Waals surface area contributed by atoms with Crippen LogP contribution in [0.5, 0.6) is 0 Å². The summed E-state index contributed by atoms with van der Waals surface area (Å²) >= 11 is 0. The van der Waals surface area contributed by atoms with E-state index in [-0.39, 0.29) is 5.78 Å². The first-order valence-electron chi connectivity index (χ1n) is 4.00. The molecule has 1 heterocycles. The van der Waals surface area contributed by atoms with Crippen molar-refractivity contribution in [2.24, 2.45) is 0 Å². The van der Waals surface area contributed by atoms with Gasteiger partial charge in [0.25, 0.3) is 0 Å². The predicted molar refractivity (Wildman–Crippen MR) is 44.7 cm³/mol. The molecule has 0 aromatic carbocycles. The van der Waals surface area contributed by atoms with Crippen LogP contribution in [0.3, 0.4) is 0 Å². The molecule has 1 aliphatic heterocycles. The highest BCUT2D eigenvalue weighted by atomic mass is 16.7. The lowest BCUT2D eigenvalue weighted by molar-refractivity contribution is -0.151. The standard InChI is InChI=1S/C9H14O3/c1-4-5-7(10)8-6-11-9(2,3)12-8/h4,8H,1,5-6H2,2-3H3/t8-/m1/s1. The molecule has 0 amide bonds. The summed E-state index contributed by atoms with van der Waals surface area (Å²) in [6.45, 7) is 7.45. The number of allylic oxidation sites excluding steroid dienone is 1. The first kappa shape index (κ1) is 9.42. The third kappa shape index (κ3) is 2.16. The van der Waals surface area contributed by atoms with Crippen molar-refractivity contribution < 1.29 is 14.3 Å². The van der Waals surface area contributed by atoms with E-state index in [0.29, 0.717) is 13.0 Å². The van der Waals surface area contributed by atoms with Gasteiger partial charge in [-0.2, -0.15) is 0 Å². The second-order valence-corrected chi connectivity index (χ2v) is 3.28. The number of hydrogen-bond donors (Lipinski definition) is 0. The monoisotopic (exact) mass is 170 g/mol. The van der Waals surface area contributed by atoms with Gasteiger partial charge >= 0.3 is 0 Å². The molecule has 0 radical (unpaired) electrons. The summed E-state index contributed by atoms with van der Waals surface area (Å²) in [6, 6.07) is 0. The Morgan fingerprint density at radius 3 is 2.83 bits per heavy atom. The van der Waals surface area contributed by atoms with Gasteiger partial charge in [0, 0.05) is 6.42 Å². The summed E-state index contributed by atoms with van der Waals surface area (Å²) in [5, 5.41) is 0. The molecule has 0 aromatic rings. The molecule has 3 nitrogen and oxygen atoms in total. The number of carbonyl (C=O) groups is 1. The van der Waals surface area contributed by atoms with Crippen LogP contribution in [-0.4, -0.2) is 24.3 Å². The average Bonchev–Trinajstić information content (AvgIpc) is 2.31. The van der Waals surface area contributed by atoms with Crippen LogP contribution < -0.4 is 0 Å². The highest BCUT2D eigenvalue weighted by molar-refractivity contribution is 5.84. The van der Waals surface area contributed by atoms with E-state index in [4.69, 9.17) is 9.47 Å². The largest absolute Gasteiger partial charge is 0.347 e. The van der Waals surface area contributed by atoms with Crippen LogP contribution in [0.4, 0.5) is 0 Å². The van der Waals surface area contributed by atoms with E-state index in [9.17, 15) is 4.79 Å². The SMILES string of the molecule is C=CCC(=O)[C@H]1COC(C)(C)O1. The summed E-state index contributed by atoms with van der Waals surface area (Å²) in [5.41, 5.74) is 0. The van der Waals surface area contributed by atoms with Crippen LogP contribution in [0.15, 0.2) is 12.7 Å². The Labute approximate surface area is 72.4 Å². The van der Waals surface area contributed by atoms with Crippen molar-refractivity contribution in [3.05, 3.63) is 12.7 Å². The highest BCUT2D eigenvalue weighted by Crippen LogP contribution is 2.23. The van der Waals surface area contributed by atoms with E-state index >= 15 is 0 Å². The van der Waals surface area contributed by atoms with E-state index in [1.54, 1.807) is 19.9 Å². The molecule has 3 heteroatoms.